The summed E-state index contributed by atoms with van der Waals surface area (Å²) in [5, 5.41) is 18.8. The van der Waals surface area contributed by atoms with Crippen LogP contribution in [0.1, 0.15) is 60.0 Å². The summed E-state index contributed by atoms with van der Waals surface area (Å²) in [6.45, 7) is 6.03. The highest BCUT2D eigenvalue weighted by molar-refractivity contribution is 7.89. The topological polar surface area (TPSA) is 189 Å². The fourth-order valence-electron chi connectivity index (χ4n) is 4.61. The maximum absolute atomic E-state index is 13.1. The minimum atomic E-state index is -3.58. The minimum Gasteiger partial charge on any atom is -0.478 e. The molecule has 232 valence electrons. The Bertz CT molecular complexity index is 1750. The smallest absolute Gasteiger partial charge is 0.407 e. The number of ether oxygens (including phenoxy) is 1. The molecule has 0 aliphatic heterocycles. The van der Waals surface area contributed by atoms with Gasteiger partial charge < -0.3 is 35.3 Å². The van der Waals surface area contributed by atoms with Crippen LogP contribution in [0.3, 0.4) is 0 Å². The summed E-state index contributed by atoms with van der Waals surface area (Å²) in [5.74, 6) is -1.81. The lowest BCUT2D eigenvalue weighted by molar-refractivity contribution is 0.0526. The van der Waals surface area contributed by atoms with E-state index in [1.807, 2.05) is 0 Å². The summed E-state index contributed by atoms with van der Waals surface area (Å²) in [5.41, 5.74) is 0.644. The summed E-state index contributed by atoms with van der Waals surface area (Å²) in [6, 6.07) is 4.47. The van der Waals surface area contributed by atoms with Crippen LogP contribution in [0.2, 0.25) is 0 Å². The molecule has 5 N–H and O–H groups in total. The number of nitrogens with zero attached hydrogens (tertiary/aromatic N) is 1. The molecule has 0 bridgehead atoms. The fourth-order valence-corrected chi connectivity index (χ4v) is 5.42. The SMILES string of the molecule is Cn1cc(-c2cc(CS(C)(=O)=O)c(C(=O)O)cc2NCC2CC2)c2cc(C(=O)NCCNC(=O)OC(C)(C)C)[nH]c2c1=O. The van der Waals surface area contributed by atoms with Crippen LogP contribution in [-0.2, 0) is 27.4 Å². The predicted octanol–water partition coefficient (Wildman–Crippen LogP) is 2.85. The number of amides is 2. The zero-order valence-electron chi connectivity index (χ0n) is 24.8. The van der Waals surface area contributed by atoms with Gasteiger partial charge in [-0.25, -0.2) is 18.0 Å². The van der Waals surface area contributed by atoms with Crippen molar-refractivity contribution in [1.82, 2.24) is 20.2 Å². The Hall–Kier alpha value is -4.33. The van der Waals surface area contributed by atoms with Crippen LogP contribution in [0.5, 0.6) is 0 Å². The molecular formula is C29H37N5O8S. The Morgan fingerprint density at radius 2 is 1.77 bits per heavy atom. The predicted molar refractivity (Wildman–Crippen MR) is 162 cm³/mol. The van der Waals surface area contributed by atoms with Gasteiger partial charge in [0.1, 0.15) is 16.8 Å². The molecule has 2 amide bonds. The number of alkyl carbamates (subject to hydrolysis) is 1. The van der Waals surface area contributed by atoms with Gasteiger partial charge >= 0.3 is 12.1 Å². The average molecular weight is 616 g/mol. The summed E-state index contributed by atoms with van der Waals surface area (Å²) in [6.07, 6.45) is 4.09. The number of carbonyl (C=O) groups is 3. The molecule has 0 unspecified atom stereocenters. The summed E-state index contributed by atoms with van der Waals surface area (Å²) in [7, 11) is -2.03. The molecule has 14 heteroatoms. The van der Waals surface area contributed by atoms with E-state index in [9.17, 15) is 32.7 Å². The molecule has 1 aliphatic rings. The standard InChI is InChI=1S/C29H37N5O8S/c1-29(2,3)42-28(39)31-9-8-30-25(35)23-12-20-21(14-34(4)26(36)24(20)33-23)19-10-17(15-43(5,40)41)18(27(37)38)11-22(19)32-13-16-6-7-16/h10-12,14,16,32-33H,6-9,13,15H2,1-5H3,(H,30,35)(H,31,39)(H,37,38). The van der Waals surface area contributed by atoms with Crippen molar-refractivity contribution < 1.29 is 32.6 Å². The van der Waals surface area contributed by atoms with Crippen molar-refractivity contribution >= 4 is 44.4 Å². The van der Waals surface area contributed by atoms with E-state index in [2.05, 4.69) is 20.9 Å². The second-order valence-electron chi connectivity index (χ2n) is 11.9. The van der Waals surface area contributed by atoms with Crippen molar-refractivity contribution in [2.45, 2.75) is 45.0 Å². The van der Waals surface area contributed by atoms with Crippen LogP contribution in [0.4, 0.5) is 10.5 Å². The molecule has 1 saturated carbocycles. The van der Waals surface area contributed by atoms with Gasteiger partial charge in [-0.1, -0.05) is 0 Å². The molecule has 0 radical (unpaired) electrons. The number of sulfone groups is 1. The Kier molecular flexibility index (Phi) is 8.90. The number of H-pyrrole nitrogens is 1. The second kappa shape index (κ2) is 12.1. The van der Waals surface area contributed by atoms with Crippen molar-refractivity contribution in [3.8, 4) is 11.1 Å². The van der Waals surface area contributed by atoms with E-state index in [0.717, 1.165) is 19.1 Å². The molecule has 43 heavy (non-hydrogen) atoms. The first-order valence-corrected chi connectivity index (χ1v) is 15.9. The normalized spacial score (nSPS) is 13.5. The lowest BCUT2D eigenvalue weighted by Crippen LogP contribution is -2.37. The first-order chi connectivity index (χ1) is 20.0. The van der Waals surface area contributed by atoms with Gasteiger partial charge in [0.25, 0.3) is 11.5 Å². The molecule has 1 aromatic carbocycles. The lowest BCUT2D eigenvalue weighted by atomic mass is 9.96. The number of benzene rings is 1. The average Bonchev–Trinajstić information content (AvgIpc) is 3.60. The Morgan fingerprint density at radius 3 is 2.37 bits per heavy atom. The number of hydrogen-bond donors (Lipinski definition) is 5. The first-order valence-electron chi connectivity index (χ1n) is 13.8. The molecule has 2 aromatic heterocycles. The molecule has 0 spiro atoms. The number of nitrogens with one attached hydrogen (secondary N) is 4. The number of anilines is 1. The summed E-state index contributed by atoms with van der Waals surface area (Å²) < 4.78 is 30.9. The largest absolute Gasteiger partial charge is 0.478 e. The monoisotopic (exact) mass is 615 g/mol. The van der Waals surface area contributed by atoms with Crippen molar-refractivity contribution in [1.29, 1.82) is 0 Å². The number of aromatic carboxylic acids is 1. The van der Waals surface area contributed by atoms with Crippen LogP contribution in [0.25, 0.3) is 22.0 Å². The van der Waals surface area contributed by atoms with Crippen LogP contribution in [0, 0.1) is 5.92 Å². The fraction of sp³-hybridized carbons (Fsp3) is 0.448. The van der Waals surface area contributed by atoms with E-state index in [-0.39, 0.29) is 35.4 Å². The van der Waals surface area contributed by atoms with E-state index in [0.29, 0.717) is 34.7 Å². The Balaban J connectivity index is 1.71. The van der Waals surface area contributed by atoms with E-state index in [1.165, 1.54) is 22.8 Å². The minimum absolute atomic E-state index is 0.0963. The van der Waals surface area contributed by atoms with Gasteiger partial charge in [0.15, 0.2) is 9.84 Å². The van der Waals surface area contributed by atoms with E-state index < -0.39 is 44.7 Å². The summed E-state index contributed by atoms with van der Waals surface area (Å²) >= 11 is 0. The van der Waals surface area contributed by atoms with E-state index >= 15 is 0 Å². The zero-order valence-corrected chi connectivity index (χ0v) is 25.6. The maximum atomic E-state index is 13.1. The Labute approximate surface area is 248 Å². The van der Waals surface area contributed by atoms with Gasteiger partial charge in [0.2, 0.25) is 0 Å². The van der Waals surface area contributed by atoms with Gasteiger partial charge in [-0.3, -0.25) is 9.59 Å². The van der Waals surface area contributed by atoms with Crippen LogP contribution in [-0.4, -0.2) is 72.5 Å². The van der Waals surface area contributed by atoms with Crippen LogP contribution < -0.4 is 21.5 Å². The number of carboxylic acids is 1. The zero-order chi connectivity index (χ0) is 31.7. The molecule has 3 aromatic rings. The highest BCUT2D eigenvalue weighted by Crippen LogP contribution is 2.37. The van der Waals surface area contributed by atoms with Crippen LogP contribution >= 0.6 is 0 Å². The Morgan fingerprint density at radius 1 is 1.09 bits per heavy atom. The van der Waals surface area contributed by atoms with E-state index in [4.69, 9.17) is 4.74 Å². The number of aromatic nitrogens is 2. The molecule has 1 aliphatic carbocycles. The molecular weight excluding hydrogens is 578 g/mol. The molecule has 0 atom stereocenters. The van der Waals surface area contributed by atoms with Crippen LogP contribution in [0.15, 0.2) is 29.2 Å². The van der Waals surface area contributed by atoms with E-state index in [1.54, 1.807) is 34.0 Å². The number of rotatable bonds is 11. The number of fused-ring (bicyclic) bond motifs is 1. The number of carboxylic acid groups (broad SMARTS) is 1. The van der Waals surface area contributed by atoms with Gasteiger partial charge in [-0.15, -0.1) is 0 Å². The van der Waals surface area contributed by atoms with Gasteiger partial charge in [0, 0.05) is 61.3 Å². The van der Waals surface area contributed by atoms with Gasteiger partial charge in [-0.05, 0) is 63.3 Å². The van der Waals surface area contributed by atoms with Gasteiger partial charge in [0.05, 0.1) is 11.3 Å². The van der Waals surface area contributed by atoms with Crippen molar-refractivity contribution in [3.63, 3.8) is 0 Å². The molecule has 4 rings (SSSR count). The number of pyridine rings is 1. The van der Waals surface area contributed by atoms with Crippen molar-refractivity contribution in [3.05, 3.63) is 51.6 Å². The molecule has 0 saturated heterocycles. The van der Waals surface area contributed by atoms with Crippen molar-refractivity contribution in [2.75, 3.05) is 31.2 Å². The number of aromatic amines is 1. The molecule has 13 nitrogen and oxygen atoms in total. The first kappa shape index (κ1) is 31.6. The highest BCUT2D eigenvalue weighted by atomic mass is 32.2. The third kappa shape index (κ3) is 8.15. The molecule has 1 fully saturated rings. The maximum Gasteiger partial charge on any atom is 0.407 e. The van der Waals surface area contributed by atoms with Gasteiger partial charge in [-0.2, -0.15) is 0 Å². The number of hydrogen-bond acceptors (Lipinski definition) is 8. The molecule has 2 heterocycles. The third-order valence-corrected chi connectivity index (χ3v) is 7.58. The summed E-state index contributed by atoms with van der Waals surface area (Å²) in [4.78, 5) is 52.9. The highest BCUT2D eigenvalue weighted by Gasteiger charge is 2.25. The quantitative estimate of drug-likeness (QED) is 0.202. The van der Waals surface area contributed by atoms with Crippen molar-refractivity contribution in [2.24, 2.45) is 13.0 Å². The second-order valence-corrected chi connectivity index (χ2v) is 14.0. The number of carbonyl (C=O) groups excluding carboxylic acids is 2. The lowest BCUT2D eigenvalue weighted by Gasteiger charge is -2.19. The number of aryl methyl sites for hydroxylation is 1. The third-order valence-electron chi connectivity index (χ3n) is 6.75.